The average Bonchev–Trinajstić information content (AvgIpc) is 1.46. The van der Waals surface area contributed by atoms with E-state index in [0.29, 0.717) is 33.7 Å². The Morgan fingerprint density at radius 1 is 0.286 bits per heavy atom. The lowest BCUT2D eigenvalue weighted by Gasteiger charge is -2.41. The van der Waals surface area contributed by atoms with Crippen LogP contribution in [0.5, 0.6) is 0 Å². The Hall–Kier alpha value is -15.3. The fourth-order valence-electron chi connectivity index (χ4n) is 16.5. The molecule has 20 rings (SSSR count). The molecule has 8 heterocycles. The van der Waals surface area contributed by atoms with Crippen molar-refractivity contribution in [2.45, 2.75) is 5.91 Å². The van der Waals surface area contributed by atoms with E-state index in [-0.39, 0.29) is 46.9 Å². The molecule has 0 aliphatic carbocycles. The van der Waals surface area contributed by atoms with E-state index in [0.717, 1.165) is 143 Å². The number of aromatic carboxylic acids is 4. The molecule has 14 aromatic rings. The maximum atomic E-state index is 13.7. The molecular formula is C85H44N4O16+2. The molecule has 0 radical (unpaired) electrons. The van der Waals surface area contributed by atoms with E-state index in [1.54, 1.807) is 48.5 Å². The third-order valence-corrected chi connectivity index (χ3v) is 20.0. The highest BCUT2D eigenvalue weighted by Crippen LogP contribution is 2.62. The molecule has 0 fully saturated rings. The van der Waals surface area contributed by atoms with Crippen molar-refractivity contribution in [1.29, 1.82) is 0 Å². The number of nitrogens with zero attached hydrogens (tertiary/aromatic N) is 4. The molecule has 12 aromatic carbocycles. The second-order valence-corrected chi connectivity index (χ2v) is 25.1. The summed E-state index contributed by atoms with van der Waals surface area (Å²) in [7, 11) is 0. The number of carbonyl (C=O) groups is 4. The number of rotatable bonds is 8. The van der Waals surface area contributed by atoms with Gasteiger partial charge < -0.3 is 20.4 Å². The molecule has 1 atom stereocenters. The van der Waals surface area contributed by atoms with E-state index in [1.807, 2.05) is 54.6 Å². The summed E-state index contributed by atoms with van der Waals surface area (Å²) in [6.45, 7) is 0. The molecule has 20 nitrogen and oxygen atoms in total. The van der Waals surface area contributed by atoms with Gasteiger partial charge in [-0.05, 0) is 156 Å². The smallest absolute Gasteiger partial charge is 0.478 e. The summed E-state index contributed by atoms with van der Waals surface area (Å²) in [6.07, 6.45) is 1.00. The molecule has 0 saturated carbocycles. The van der Waals surface area contributed by atoms with Crippen LogP contribution >= 0.6 is 0 Å². The summed E-state index contributed by atoms with van der Waals surface area (Å²) in [6, 6.07) is 80.0. The molecule has 2 aromatic heterocycles. The van der Waals surface area contributed by atoms with Crippen LogP contribution in [-0.4, -0.2) is 98.6 Å². The van der Waals surface area contributed by atoms with Gasteiger partial charge in [0.25, 0.3) is 0 Å². The first-order chi connectivity index (χ1) is 51.1. The normalized spacial score (nSPS) is 14.6. The van der Waals surface area contributed by atoms with Gasteiger partial charge in [-0.3, -0.25) is 0 Å². The SMILES string of the molecule is O=C(O)c1cccc(C2=C3c4cc5ccccc5cc4C4=[N+]3C35n6c2c2cc7ccccc7cc2c6C(c2cc(C(=O)O)cc(C(=O)O)c2)=C2c6cc7ccccc7cc6C(=[N+]23)C(c2cccc(C(=O)O)c2)=c2c3cc6ccccc6cc3c(n25)=C4c2ccccc2)c1.O=C=O.O=C=O.O=C=O.O=C=O. The van der Waals surface area contributed by atoms with Crippen LogP contribution in [0.2, 0.25) is 0 Å². The number of carboxylic acids is 4. The Kier molecular flexibility index (Phi) is 15.1. The van der Waals surface area contributed by atoms with E-state index < -0.39 is 29.8 Å². The zero-order valence-electron chi connectivity index (χ0n) is 54.1. The van der Waals surface area contributed by atoms with E-state index >= 15 is 0 Å². The van der Waals surface area contributed by atoms with Crippen LogP contribution in [-0.2, 0) is 44.3 Å². The van der Waals surface area contributed by atoms with Gasteiger partial charge in [-0.15, -0.1) is 0 Å². The minimum Gasteiger partial charge on any atom is -0.478 e. The van der Waals surface area contributed by atoms with Crippen molar-refractivity contribution in [2.75, 3.05) is 0 Å². The van der Waals surface area contributed by atoms with E-state index in [9.17, 15) is 39.6 Å². The van der Waals surface area contributed by atoms with Crippen molar-refractivity contribution in [3.05, 3.63) is 332 Å². The van der Waals surface area contributed by atoms with E-state index in [2.05, 4.69) is 152 Å². The monoisotopic (exact) mass is 1380 g/mol. The van der Waals surface area contributed by atoms with Gasteiger partial charge in [0.1, 0.15) is 0 Å². The number of aromatic nitrogens is 2. The molecule has 0 bridgehead atoms. The van der Waals surface area contributed by atoms with Crippen LogP contribution < -0.4 is 10.7 Å². The van der Waals surface area contributed by atoms with Crippen molar-refractivity contribution in [3.63, 3.8) is 0 Å². The molecule has 20 heteroatoms. The summed E-state index contributed by atoms with van der Waals surface area (Å²) >= 11 is 0. The minimum atomic E-state index is -1.65. The van der Waals surface area contributed by atoms with E-state index in [1.165, 1.54) is 6.07 Å². The molecule has 1 unspecified atom stereocenters. The minimum absolute atomic E-state index is 0.0817. The van der Waals surface area contributed by atoms with Gasteiger partial charge in [0.05, 0.1) is 88.9 Å². The van der Waals surface area contributed by atoms with Crippen molar-refractivity contribution < 1.29 is 87.1 Å². The number of carbonyl (C=O) groups excluding carboxylic acids is 8. The van der Waals surface area contributed by atoms with Crippen LogP contribution in [0.1, 0.15) is 97.3 Å². The van der Waals surface area contributed by atoms with Crippen LogP contribution in [0.3, 0.4) is 0 Å². The molecule has 0 saturated heterocycles. The number of hydrogen-bond acceptors (Lipinski definition) is 12. The third-order valence-electron chi connectivity index (χ3n) is 20.0. The first-order valence-electron chi connectivity index (χ1n) is 32.2. The third kappa shape index (κ3) is 9.24. The summed E-state index contributed by atoms with van der Waals surface area (Å²) in [5.74, 6) is -6.47. The first kappa shape index (κ1) is 64.4. The Bertz CT molecular complexity index is 6760. The van der Waals surface area contributed by atoms with Crippen molar-refractivity contribution in [1.82, 2.24) is 9.13 Å². The van der Waals surface area contributed by atoms with Gasteiger partial charge in [-0.25, -0.2) is 19.2 Å². The van der Waals surface area contributed by atoms with Gasteiger partial charge in [0, 0.05) is 21.5 Å². The van der Waals surface area contributed by atoms with Crippen molar-refractivity contribution in [2.24, 2.45) is 0 Å². The maximum Gasteiger partial charge on any atom is 0.554 e. The Labute approximate surface area is 589 Å². The fourth-order valence-corrected chi connectivity index (χ4v) is 16.5. The summed E-state index contributed by atoms with van der Waals surface area (Å²) in [4.78, 5) is 119. The topological polar surface area (TPSA) is 302 Å². The van der Waals surface area contributed by atoms with E-state index in [4.69, 9.17) is 38.4 Å². The zero-order chi connectivity index (χ0) is 73.0. The van der Waals surface area contributed by atoms with Gasteiger partial charge in [0.15, 0.2) is 0 Å². The van der Waals surface area contributed by atoms with Gasteiger partial charge in [0.2, 0.25) is 22.8 Å². The van der Waals surface area contributed by atoms with Crippen LogP contribution in [0.4, 0.5) is 0 Å². The maximum absolute atomic E-state index is 13.7. The standard InChI is InChI=1S/C81H42N4O8.4CO2/c86-77(87)52-26-12-24-50(28-52)66-71-59-35-44-18-6-4-16-42(44)33-57(59)69-65(41-14-2-1-3-15-41)70-58-34-43-17-5-7-19-45(43)36-60(58)72-67(51-25-13-27-53(29-51)78(88)89)74-62-38-47-21-9-11-23-49(47)40-64(62)76-68(54-30-55(79(90)91)32-56(31-54)80(92)93)75-63-39-48-22-10-8-20-46(48)37-61(63)73(66)84(75)81(82(69)71,83(70)72)85(74)76;4*2-1-3/h1-40H,(H2-2,86,87,88,89,90,91,92,93);;;;/p+2. The number of carboxylic acid groups (broad SMARTS) is 4. The highest BCUT2D eigenvalue weighted by atomic mass is 16.4. The molecule has 4 N–H and O–H groups in total. The number of fused-ring (bicyclic) bond motifs is 16. The fraction of sp³-hybridized carbons (Fsp3) is 0.0118. The predicted octanol–water partition coefficient (Wildman–Crippen LogP) is 11.7. The van der Waals surface area contributed by atoms with Gasteiger partial charge in [-0.1, -0.05) is 161 Å². The van der Waals surface area contributed by atoms with Crippen molar-refractivity contribution in [3.8, 4) is 0 Å². The second-order valence-electron chi connectivity index (χ2n) is 25.1. The first-order valence-corrected chi connectivity index (χ1v) is 32.2. The molecule has 6 aliphatic rings. The van der Waals surface area contributed by atoms with Crippen LogP contribution in [0.15, 0.2) is 243 Å². The highest BCUT2D eigenvalue weighted by Gasteiger charge is 2.76. The molecule has 1 spiro atoms. The molecular weight excluding hydrogens is 1330 g/mol. The molecule has 105 heavy (non-hydrogen) atoms. The van der Waals surface area contributed by atoms with Crippen LogP contribution in [0.25, 0.3) is 98.3 Å². The number of hydrogen-bond donors (Lipinski definition) is 4. The Morgan fingerprint density at radius 3 is 0.952 bits per heavy atom. The lowest BCUT2D eigenvalue weighted by molar-refractivity contribution is -0.805. The van der Waals surface area contributed by atoms with Crippen molar-refractivity contribution >= 4 is 158 Å². The van der Waals surface area contributed by atoms with Crippen LogP contribution in [0, 0.1) is 0 Å². The average molecular weight is 1380 g/mol. The molecule has 0 amide bonds. The van der Waals surface area contributed by atoms with Gasteiger partial charge >= 0.3 is 54.4 Å². The largest absolute Gasteiger partial charge is 0.554 e. The summed E-state index contributed by atoms with van der Waals surface area (Å²) in [5, 5.41) is 57.2. The number of benzene rings is 12. The Morgan fingerprint density at radius 2 is 0.581 bits per heavy atom. The lowest BCUT2D eigenvalue weighted by atomic mass is 9.88. The Balaban J connectivity index is 0.000000664. The van der Waals surface area contributed by atoms with Gasteiger partial charge in [-0.2, -0.15) is 47.5 Å². The quantitative estimate of drug-likeness (QED) is 0.103. The lowest BCUT2D eigenvalue weighted by Crippen LogP contribution is -2.71. The highest BCUT2D eigenvalue weighted by molar-refractivity contribution is 6.38. The summed E-state index contributed by atoms with van der Waals surface area (Å²) in [5.41, 5.74) is 12.9. The second kappa shape index (κ2) is 24.6. The predicted molar refractivity (Wildman–Crippen MR) is 379 cm³/mol. The zero-order valence-corrected chi connectivity index (χ0v) is 54.1. The summed E-state index contributed by atoms with van der Waals surface area (Å²) < 4.78 is 9.80. The molecule has 498 valence electrons. The molecule has 6 aliphatic heterocycles.